The summed E-state index contributed by atoms with van der Waals surface area (Å²) in [6.45, 7) is 4.75. The van der Waals surface area contributed by atoms with Crippen molar-refractivity contribution >= 4 is 11.6 Å². The first-order valence-electron chi connectivity index (χ1n) is 7.16. The average Bonchev–Trinajstić information content (AvgIpc) is 2.40. The Bertz CT molecular complexity index is 391. The third-order valence-electron chi connectivity index (χ3n) is 3.83. The van der Waals surface area contributed by atoms with E-state index in [4.69, 9.17) is 5.73 Å². The molecule has 2 rings (SSSR count). The molecule has 3 N–H and O–H groups in total. The lowest BCUT2D eigenvalue weighted by Gasteiger charge is -2.30. The van der Waals surface area contributed by atoms with Crippen LogP contribution in [0, 0.1) is 11.8 Å². The topological polar surface area (TPSA) is 67.1 Å². The van der Waals surface area contributed by atoms with Gasteiger partial charge in [0.1, 0.15) is 18.0 Å². The number of aromatic nitrogens is 2. The van der Waals surface area contributed by atoms with E-state index < -0.39 is 0 Å². The maximum atomic E-state index is 5.61. The van der Waals surface area contributed by atoms with Crippen LogP contribution in [0.1, 0.15) is 26.2 Å². The lowest BCUT2D eigenvalue weighted by molar-refractivity contribution is 0.321. The lowest BCUT2D eigenvalue weighted by atomic mass is 9.85. The number of rotatable bonds is 7. The van der Waals surface area contributed by atoms with Crippen molar-refractivity contribution in [2.24, 2.45) is 17.6 Å². The third-order valence-corrected chi connectivity index (χ3v) is 3.83. The van der Waals surface area contributed by atoms with E-state index in [1.54, 1.807) is 6.33 Å². The van der Waals surface area contributed by atoms with Gasteiger partial charge in [0.2, 0.25) is 0 Å². The first kappa shape index (κ1) is 14.1. The van der Waals surface area contributed by atoms with Gasteiger partial charge in [-0.1, -0.05) is 13.3 Å². The molecule has 0 spiro atoms. The zero-order valence-electron chi connectivity index (χ0n) is 12.0. The van der Waals surface area contributed by atoms with Crippen molar-refractivity contribution in [1.82, 2.24) is 9.97 Å². The van der Waals surface area contributed by atoms with Crippen LogP contribution in [-0.2, 0) is 0 Å². The van der Waals surface area contributed by atoms with Gasteiger partial charge in [0, 0.05) is 26.2 Å². The van der Waals surface area contributed by atoms with E-state index in [0.717, 1.165) is 30.6 Å². The summed E-state index contributed by atoms with van der Waals surface area (Å²) in [6.07, 6.45) is 5.72. The van der Waals surface area contributed by atoms with Crippen LogP contribution in [0.5, 0.6) is 0 Å². The Kier molecular flexibility index (Phi) is 4.96. The Morgan fingerprint density at radius 2 is 2.26 bits per heavy atom. The summed E-state index contributed by atoms with van der Waals surface area (Å²) < 4.78 is 0. The van der Waals surface area contributed by atoms with Crippen molar-refractivity contribution in [3.63, 3.8) is 0 Å². The van der Waals surface area contributed by atoms with Gasteiger partial charge >= 0.3 is 0 Å². The average molecular weight is 263 g/mol. The quantitative estimate of drug-likeness (QED) is 0.784. The van der Waals surface area contributed by atoms with E-state index in [-0.39, 0.29) is 0 Å². The third kappa shape index (κ3) is 4.06. The maximum Gasteiger partial charge on any atom is 0.133 e. The minimum absolute atomic E-state index is 0.450. The van der Waals surface area contributed by atoms with Crippen LogP contribution >= 0.6 is 0 Å². The highest BCUT2D eigenvalue weighted by Gasteiger charge is 2.19. The van der Waals surface area contributed by atoms with Gasteiger partial charge in [-0.3, -0.25) is 0 Å². The van der Waals surface area contributed by atoms with Crippen LogP contribution in [0.15, 0.2) is 12.4 Å². The highest BCUT2D eigenvalue weighted by atomic mass is 15.2. The molecule has 1 aromatic heterocycles. The molecule has 1 aliphatic rings. The van der Waals surface area contributed by atoms with Crippen LogP contribution in [-0.4, -0.2) is 36.6 Å². The summed E-state index contributed by atoms with van der Waals surface area (Å²) in [6, 6.07) is 2.02. The molecule has 0 amide bonds. The fraction of sp³-hybridized carbons (Fsp3) is 0.714. The molecule has 0 radical (unpaired) electrons. The van der Waals surface area contributed by atoms with Gasteiger partial charge in [0.15, 0.2) is 0 Å². The molecule has 106 valence electrons. The van der Waals surface area contributed by atoms with E-state index in [2.05, 4.69) is 34.2 Å². The summed E-state index contributed by atoms with van der Waals surface area (Å²) in [5, 5.41) is 3.31. The van der Waals surface area contributed by atoms with E-state index in [1.807, 2.05) is 6.07 Å². The molecule has 1 saturated carbocycles. The molecule has 0 bridgehead atoms. The molecule has 19 heavy (non-hydrogen) atoms. The molecule has 1 fully saturated rings. The van der Waals surface area contributed by atoms with Crippen molar-refractivity contribution in [2.45, 2.75) is 26.2 Å². The van der Waals surface area contributed by atoms with Crippen molar-refractivity contribution in [3.8, 4) is 0 Å². The summed E-state index contributed by atoms with van der Waals surface area (Å²) in [5.74, 6) is 3.16. The molecule has 5 heteroatoms. The molecule has 0 aliphatic heterocycles. The summed E-state index contributed by atoms with van der Waals surface area (Å²) >= 11 is 0. The van der Waals surface area contributed by atoms with Gasteiger partial charge in [-0.25, -0.2) is 9.97 Å². The Morgan fingerprint density at radius 3 is 2.89 bits per heavy atom. The van der Waals surface area contributed by atoms with Crippen LogP contribution in [0.25, 0.3) is 0 Å². The molecule has 1 aromatic rings. The number of nitrogens with zero attached hydrogens (tertiary/aromatic N) is 3. The Morgan fingerprint density at radius 1 is 1.47 bits per heavy atom. The predicted octanol–water partition coefficient (Wildman–Crippen LogP) is 1.72. The lowest BCUT2D eigenvalue weighted by Crippen LogP contribution is -2.30. The van der Waals surface area contributed by atoms with E-state index in [9.17, 15) is 0 Å². The number of hydrogen-bond acceptors (Lipinski definition) is 5. The largest absolute Gasteiger partial charge is 0.370 e. The van der Waals surface area contributed by atoms with Crippen molar-refractivity contribution in [2.75, 3.05) is 36.9 Å². The first-order chi connectivity index (χ1) is 9.19. The van der Waals surface area contributed by atoms with Crippen LogP contribution < -0.4 is 16.0 Å². The molecule has 0 aromatic carbocycles. The summed E-state index contributed by atoms with van der Waals surface area (Å²) in [5.41, 5.74) is 5.61. The highest BCUT2D eigenvalue weighted by Crippen LogP contribution is 2.28. The smallest absolute Gasteiger partial charge is 0.133 e. The van der Waals surface area contributed by atoms with Gasteiger partial charge in [0.25, 0.3) is 0 Å². The van der Waals surface area contributed by atoms with Gasteiger partial charge in [-0.05, 0) is 31.2 Å². The van der Waals surface area contributed by atoms with Gasteiger partial charge in [0.05, 0.1) is 0 Å². The van der Waals surface area contributed by atoms with E-state index >= 15 is 0 Å². The fourth-order valence-electron chi connectivity index (χ4n) is 2.17. The maximum absolute atomic E-state index is 5.61. The van der Waals surface area contributed by atoms with Crippen LogP contribution in [0.2, 0.25) is 0 Å². The normalized spacial score (nSPS) is 16.8. The van der Waals surface area contributed by atoms with Gasteiger partial charge in [-0.15, -0.1) is 0 Å². The van der Waals surface area contributed by atoms with E-state index in [0.29, 0.717) is 12.5 Å². The van der Waals surface area contributed by atoms with Crippen LogP contribution in [0.4, 0.5) is 11.6 Å². The fourth-order valence-corrected chi connectivity index (χ4v) is 2.17. The Balaban J connectivity index is 1.89. The number of nitrogens with two attached hydrogens (primary N) is 1. The predicted molar refractivity (Wildman–Crippen MR) is 79.4 cm³/mol. The van der Waals surface area contributed by atoms with Crippen LogP contribution in [0.3, 0.4) is 0 Å². The number of hydrogen-bond donors (Lipinski definition) is 2. The van der Waals surface area contributed by atoms with E-state index in [1.165, 1.54) is 19.3 Å². The molecule has 5 nitrogen and oxygen atoms in total. The molecular weight excluding hydrogens is 238 g/mol. The van der Waals surface area contributed by atoms with Crippen molar-refractivity contribution in [1.29, 1.82) is 0 Å². The highest BCUT2D eigenvalue weighted by molar-refractivity contribution is 5.47. The van der Waals surface area contributed by atoms with Gasteiger partial charge < -0.3 is 16.0 Å². The minimum Gasteiger partial charge on any atom is -0.370 e. The van der Waals surface area contributed by atoms with Crippen molar-refractivity contribution in [3.05, 3.63) is 12.4 Å². The molecule has 1 unspecified atom stereocenters. The van der Waals surface area contributed by atoms with Crippen molar-refractivity contribution < 1.29 is 0 Å². The Hall–Kier alpha value is -1.36. The zero-order chi connectivity index (χ0) is 13.7. The number of nitrogens with one attached hydrogen (secondary N) is 1. The molecule has 0 saturated heterocycles. The molecule has 1 atom stereocenters. The molecular formula is C14H25N5. The second-order valence-electron chi connectivity index (χ2n) is 5.66. The minimum atomic E-state index is 0.450. The summed E-state index contributed by atoms with van der Waals surface area (Å²) in [7, 11) is 2.10. The second kappa shape index (κ2) is 6.70. The Labute approximate surface area is 115 Å². The molecule has 1 aliphatic carbocycles. The van der Waals surface area contributed by atoms with Gasteiger partial charge in [-0.2, -0.15) is 0 Å². The second-order valence-corrected chi connectivity index (χ2v) is 5.66. The monoisotopic (exact) mass is 263 g/mol. The SMILES string of the molecule is CC(CN)CNc1cc(N(C)CC2CCC2)ncn1. The number of anilines is 2. The zero-order valence-corrected chi connectivity index (χ0v) is 12.0. The molecule has 1 heterocycles. The standard InChI is InChI=1S/C14H25N5/c1-11(7-15)8-16-13-6-14(18-10-17-13)19(2)9-12-4-3-5-12/h6,10-12H,3-5,7-9,15H2,1-2H3,(H,16,17,18). The summed E-state index contributed by atoms with van der Waals surface area (Å²) in [4.78, 5) is 10.8. The first-order valence-corrected chi connectivity index (χ1v) is 7.16.